The first-order chi connectivity index (χ1) is 8.47. The van der Waals surface area contributed by atoms with Gasteiger partial charge in [-0.15, -0.1) is 6.58 Å². The molecule has 0 saturated carbocycles. The lowest BCUT2D eigenvalue weighted by molar-refractivity contribution is -0.162. The van der Waals surface area contributed by atoms with Crippen molar-refractivity contribution in [2.24, 2.45) is 5.41 Å². The Hall–Kier alpha value is -1.90. The number of likely N-dealkylation sites (tertiary alicyclic amines) is 1. The molecule has 0 spiro atoms. The van der Waals surface area contributed by atoms with Crippen LogP contribution in [0.5, 0.6) is 0 Å². The van der Waals surface area contributed by atoms with Crippen LogP contribution in [0.3, 0.4) is 0 Å². The predicted octanol–water partition coefficient (Wildman–Crippen LogP) is 2.70. The summed E-state index contributed by atoms with van der Waals surface area (Å²) in [4.78, 5) is 25.4. The monoisotopic (exact) mass is 243 g/mol. The van der Waals surface area contributed by atoms with E-state index in [9.17, 15) is 9.59 Å². The summed E-state index contributed by atoms with van der Waals surface area (Å²) in [6.45, 7) is 7.21. The van der Waals surface area contributed by atoms with E-state index in [1.165, 1.54) is 4.90 Å². The Morgan fingerprint density at radius 1 is 1.39 bits per heavy atom. The van der Waals surface area contributed by atoms with Gasteiger partial charge in [-0.25, -0.2) is 0 Å². The Morgan fingerprint density at radius 3 is 2.50 bits per heavy atom. The summed E-state index contributed by atoms with van der Waals surface area (Å²) >= 11 is 0. The van der Waals surface area contributed by atoms with Gasteiger partial charge >= 0.3 is 0 Å². The molecule has 1 saturated heterocycles. The van der Waals surface area contributed by atoms with E-state index in [1.807, 2.05) is 30.3 Å². The second-order valence-electron chi connectivity index (χ2n) is 5.13. The van der Waals surface area contributed by atoms with E-state index in [1.54, 1.807) is 19.9 Å². The number of hydrogen-bond donors (Lipinski definition) is 0. The van der Waals surface area contributed by atoms with Gasteiger partial charge in [-0.3, -0.25) is 14.5 Å². The lowest BCUT2D eigenvalue weighted by atomic mass is 9.86. The fourth-order valence-electron chi connectivity index (χ4n) is 2.01. The number of hydrogen-bond acceptors (Lipinski definition) is 2. The molecule has 0 aliphatic carbocycles. The highest BCUT2D eigenvalue weighted by atomic mass is 16.2. The minimum Gasteiger partial charge on any atom is -0.274 e. The number of imide groups is 1. The van der Waals surface area contributed by atoms with E-state index in [0.717, 1.165) is 5.56 Å². The summed E-state index contributed by atoms with van der Waals surface area (Å²) < 4.78 is 0. The van der Waals surface area contributed by atoms with E-state index in [2.05, 4.69) is 6.58 Å². The van der Waals surface area contributed by atoms with Crippen LogP contribution >= 0.6 is 0 Å². The van der Waals surface area contributed by atoms with Crippen molar-refractivity contribution in [3.05, 3.63) is 48.6 Å². The highest BCUT2D eigenvalue weighted by Crippen LogP contribution is 2.37. The Balaban J connectivity index is 2.25. The zero-order valence-electron chi connectivity index (χ0n) is 10.7. The van der Waals surface area contributed by atoms with Crippen molar-refractivity contribution in [3.63, 3.8) is 0 Å². The van der Waals surface area contributed by atoms with Gasteiger partial charge in [-0.05, 0) is 19.4 Å². The molecule has 3 heteroatoms. The topological polar surface area (TPSA) is 37.4 Å². The van der Waals surface area contributed by atoms with Crippen molar-refractivity contribution in [2.45, 2.75) is 26.3 Å². The van der Waals surface area contributed by atoms with Crippen molar-refractivity contribution in [2.75, 3.05) is 0 Å². The third-order valence-electron chi connectivity index (χ3n) is 3.41. The Morgan fingerprint density at radius 2 is 2.00 bits per heavy atom. The molecule has 1 aliphatic rings. The van der Waals surface area contributed by atoms with Crippen LogP contribution in [0.25, 0.3) is 0 Å². The molecule has 1 aromatic rings. The molecule has 94 valence electrons. The van der Waals surface area contributed by atoms with Gasteiger partial charge < -0.3 is 0 Å². The van der Waals surface area contributed by atoms with Crippen LogP contribution in [0.4, 0.5) is 0 Å². The fraction of sp³-hybridized carbons (Fsp3) is 0.333. The van der Waals surface area contributed by atoms with E-state index in [4.69, 9.17) is 0 Å². The van der Waals surface area contributed by atoms with Gasteiger partial charge in [0.15, 0.2) is 0 Å². The van der Waals surface area contributed by atoms with Crippen molar-refractivity contribution < 1.29 is 9.59 Å². The summed E-state index contributed by atoms with van der Waals surface area (Å²) in [6, 6.07) is 9.52. The van der Waals surface area contributed by atoms with Crippen molar-refractivity contribution in [3.8, 4) is 0 Å². The van der Waals surface area contributed by atoms with Crippen LogP contribution in [0, 0.1) is 5.41 Å². The molecular formula is C15H17NO2. The van der Waals surface area contributed by atoms with E-state index < -0.39 is 5.41 Å². The van der Waals surface area contributed by atoms with Crippen LogP contribution < -0.4 is 0 Å². The Bertz CT molecular complexity index is 490. The highest BCUT2D eigenvalue weighted by Gasteiger charge is 2.45. The molecule has 3 nitrogen and oxygen atoms in total. The van der Waals surface area contributed by atoms with E-state index in [0.29, 0.717) is 6.42 Å². The number of nitrogens with zero attached hydrogens (tertiary/aromatic N) is 1. The number of rotatable bonds is 3. The number of β-lactam (4-membered cyclic amide) rings is 1. The van der Waals surface area contributed by atoms with Gasteiger partial charge in [0.2, 0.25) is 11.8 Å². The molecule has 0 radical (unpaired) electrons. The number of benzene rings is 1. The minimum atomic E-state index is -0.705. The SMILES string of the molecule is C=CC(C)(C)C(=O)N1C(=O)C[C@H]1c1ccccc1. The second kappa shape index (κ2) is 4.41. The Kier molecular flexibility index (Phi) is 3.07. The van der Waals surface area contributed by atoms with Gasteiger partial charge in [-0.1, -0.05) is 36.4 Å². The molecule has 0 unspecified atom stereocenters. The molecule has 1 aliphatic heterocycles. The lowest BCUT2D eigenvalue weighted by Gasteiger charge is -2.42. The normalized spacial score (nSPS) is 19.3. The van der Waals surface area contributed by atoms with Crippen molar-refractivity contribution >= 4 is 11.8 Å². The maximum atomic E-state index is 12.3. The van der Waals surface area contributed by atoms with Gasteiger partial charge in [0.25, 0.3) is 0 Å². The highest BCUT2D eigenvalue weighted by molar-refractivity contribution is 6.03. The average Bonchev–Trinajstić information content (AvgIpc) is 2.36. The van der Waals surface area contributed by atoms with Gasteiger partial charge in [0.05, 0.1) is 17.9 Å². The third kappa shape index (κ3) is 1.96. The van der Waals surface area contributed by atoms with Crippen molar-refractivity contribution in [1.29, 1.82) is 0 Å². The molecule has 0 aromatic heterocycles. The van der Waals surface area contributed by atoms with Crippen molar-refractivity contribution in [1.82, 2.24) is 4.90 Å². The van der Waals surface area contributed by atoms with E-state index >= 15 is 0 Å². The first-order valence-electron chi connectivity index (χ1n) is 6.02. The molecule has 1 aromatic carbocycles. The zero-order chi connectivity index (χ0) is 13.3. The average molecular weight is 243 g/mol. The minimum absolute atomic E-state index is 0.108. The molecule has 1 fully saturated rings. The summed E-state index contributed by atoms with van der Waals surface area (Å²) in [5.74, 6) is -0.286. The van der Waals surface area contributed by atoms with Crippen LogP contribution in [0.2, 0.25) is 0 Å². The zero-order valence-corrected chi connectivity index (χ0v) is 10.7. The summed E-state index contributed by atoms with van der Waals surface area (Å²) in [5, 5.41) is 0. The quantitative estimate of drug-likeness (QED) is 0.604. The number of carbonyl (C=O) groups excluding carboxylic acids is 2. The second-order valence-corrected chi connectivity index (χ2v) is 5.13. The lowest BCUT2D eigenvalue weighted by Crippen LogP contribution is -2.53. The van der Waals surface area contributed by atoms with Crippen LogP contribution in [0.15, 0.2) is 43.0 Å². The third-order valence-corrected chi connectivity index (χ3v) is 3.41. The maximum Gasteiger partial charge on any atom is 0.239 e. The predicted molar refractivity (Wildman–Crippen MR) is 69.6 cm³/mol. The molecule has 0 N–H and O–H groups in total. The maximum absolute atomic E-state index is 12.3. The van der Waals surface area contributed by atoms with Crippen LogP contribution in [0.1, 0.15) is 31.9 Å². The molecule has 1 atom stereocenters. The largest absolute Gasteiger partial charge is 0.274 e. The standard InChI is InChI=1S/C15H17NO2/c1-4-15(2,3)14(18)16-12(10-13(16)17)11-8-6-5-7-9-11/h4-9,12H,1,10H2,2-3H3/t12-/m0/s1. The first kappa shape index (κ1) is 12.6. The summed E-state index contributed by atoms with van der Waals surface area (Å²) in [7, 11) is 0. The van der Waals surface area contributed by atoms with Gasteiger partial charge in [-0.2, -0.15) is 0 Å². The van der Waals surface area contributed by atoms with Gasteiger partial charge in [0.1, 0.15) is 0 Å². The molecule has 18 heavy (non-hydrogen) atoms. The first-order valence-corrected chi connectivity index (χ1v) is 6.02. The van der Waals surface area contributed by atoms with Crippen LogP contribution in [-0.2, 0) is 9.59 Å². The number of carbonyl (C=O) groups is 2. The molecule has 1 heterocycles. The Labute approximate surface area is 107 Å². The smallest absolute Gasteiger partial charge is 0.239 e. The van der Waals surface area contributed by atoms with Crippen LogP contribution in [-0.4, -0.2) is 16.7 Å². The fourth-order valence-corrected chi connectivity index (χ4v) is 2.01. The number of amides is 2. The molecule has 0 bridgehead atoms. The molecule has 2 rings (SSSR count). The molecular weight excluding hydrogens is 226 g/mol. The summed E-state index contributed by atoms with van der Waals surface area (Å²) in [5.41, 5.74) is 0.300. The van der Waals surface area contributed by atoms with E-state index in [-0.39, 0.29) is 17.9 Å². The molecule has 2 amide bonds. The van der Waals surface area contributed by atoms with Gasteiger partial charge in [0, 0.05) is 0 Å². The summed E-state index contributed by atoms with van der Waals surface area (Å²) in [6.07, 6.45) is 1.99.